The van der Waals surface area contributed by atoms with E-state index in [1.165, 1.54) is 7.11 Å². The van der Waals surface area contributed by atoms with Gasteiger partial charge in [-0.25, -0.2) is 0 Å². The zero-order valence-corrected chi connectivity index (χ0v) is 19.4. The van der Waals surface area contributed by atoms with Gasteiger partial charge in [0, 0.05) is 23.1 Å². The van der Waals surface area contributed by atoms with Gasteiger partial charge in [0.15, 0.2) is 0 Å². The number of aryl methyl sites for hydroxylation is 1. The zero-order valence-electron chi connectivity index (χ0n) is 17.8. The van der Waals surface area contributed by atoms with Crippen molar-refractivity contribution < 1.29 is 19.1 Å². The number of methoxy groups -OCH3 is 1. The third-order valence-corrected chi connectivity index (χ3v) is 6.04. The quantitative estimate of drug-likeness (QED) is 0.625. The first-order valence-electron chi connectivity index (χ1n) is 10.4. The summed E-state index contributed by atoms with van der Waals surface area (Å²) in [4.78, 5) is 39.6. The van der Waals surface area contributed by atoms with Crippen LogP contribution in [0.25, 0.3) is 0 Å². The van der Waals surface area contributed by atoms with Gasteiger partial charge in [-0.2, -0.15) is 0 Å². The molecular formula is C24H27BrN2O4. The zero-order chi connectivity index (χ0) is 22.4. The number of hydrogen-bond acceptors (Lipinski definition) is 4. The van der Waals surface area contributed by atoms with Crippen molar-refractivity contribution in [3.63, 3.8) is 0 Å². The Balaban J connectivity index is 1.70. The molecule has 2 unspecified atom stereocenters. The minimum atomic E-state index is -0.499. The molecule has 1 aliphatic rings. The Labute approximate surface area is 191 Å². The van der Waals surface area contributed by atoms with E-state index in [1.807, 2.05) is 55.5 Å². The van der Waals surface area contributed by atoms with Crippen LogP contribution >= 0.6 is 15.9 Å². The first kappa shape index (κ1) is 23.0. The fourth-order valence-corrected chi connectivity index (χ4v) is 4.19. The second kappa shape index (κ2) is 10.6. The van der Waals surface area contributed by atoms with E-state index in [0.717, 1.165) is 22.0 Å². The predicted octanol–water partition coefficient (Wildman–Crippen LogP) is 4.03. The Morgan fingerprint density at radius 3 is 2.61 bits per heavy atom. The van der Waals surface area contributed by atoms with Gasteiger partial charge in [0.1, 0.15) is 0 Å². The van der Waals surface area contributed by atoms with Crippen LogP contribution in [0.1, 0.15) is 46.8 Å². The van der Waals surface area contributed by atoms with Crippen LogP contribution in [0.5, 0.6) is 0 Å². The summed E-state index contributed by atoms with van der Waals surface area (Å²) in [6, 6.07) is 14.5. The molecule has 0 saturated carbocycles. The summed E-state index contributed by atoms with van der Waals surface area (Å²) in [5.74, 6) is -0.938. The molecule has 1 saturated heterocycles. The molecule has 2 aromatic carbocycles. The fraction of sp³-hybridized carbons (Fsp3) is 0.375. The molecule has 31 heavy (non-hydrogen) atoms. The SMILES string of the molecule is COC(=O)CC(NC(=O)C1CCCN(C(=O)c2ccc(C)cc2)C1)c1cccc(Br)c1. The largest absolute Gasteiger partial charge is 0.469 e. The van der Waals surface area contributed by atoms with E-state index in [2.05, 4.69) is 21.2 Å². The molecule has 0 aliphatic carbocycles. The number of benzene rings is 2. The Hall–Kier alpha value is -2.67. The van der Waals surface area contributed by atoms with Crippen molar-refractivity contribution in [2.45, 2.75) is 32.2 Å². The molecule has 0 bridgehead atoms. The van der Waals surface area contributed by atoms with Crippen molar-refractivity contribution >= 4 is 33.7 Å². The summed E-state index contributed by atoms with van der Waals surface area (Å²) in [5.41, 5.74) is 2.54. The molecule has 3 rings (SSSR count). The van der Waals surface area contributed by atoms with Crippen molar-refractivity contribution in [2.75, 3.05) is 20.2 Å². The third-order valence-electron chi connectivity index (χ3n) is 5.54. The molecule has 1 fully saturated rings. The van der Waals surface area contributed by atoms with Gasteiger partial charge in [0.2, 0.25) is 5.91 Å². The van der Waals surface area contributed by atoms with E-state index >= 15 is 0 Å². The summed E-state index contributed by atoms with van der Waals surface area (Å²) in [6.45, 7) is 2.97. The number of hydrogen-bond donors (Lipinski definition) is 1. The van der Waals surface area contributed by atoms with Gasteiger partial charge in [-0.3, -0.25) is 14.4 Å². The Morgan fingerprint density at radius 1 is 1.19 bits per heavy atom. The van der Waals surface area contributed by atoms with Crippen LogP contribution in [0.15, 0.2) is 53.0 Å². The van der Waals surface area contributed by atoms with E-state index in [4.69, 9.17) is 4.74 Å². The molecule has 2 atom stereocenters. The lowest BCUT2D eigenvalue weighted by Crippen LogP contribution is -2.46. The first-order valence-corrected chi connectivity index (χ1v) is 11.1. The maximum atomic E-state index is 13.1. The Bertz CT molecular complexity index is 945. The molecule has 0 spiro atoms. The number of rotatable bonds is 6. The van der Waals surface area contributed by atoms with Crippen molar-refractivity contribution in [3.05, 3.63) is 69.7 Å². The topological polar surface area (TPSA) is 75.7 Å². The highest BCUT2D eigenvalue weighted by atomic mass is 79.9. The van der Waals surface area contributed by atoms with E-state index < -0.39 is 12.0 Å². The second-order valence-corrected chi connectivity index (χ2v) is 8.77. The summed E-state index contributed by atoms with van der Waals surface area (Å²) in [5, 5.41) is 3.00. The van der Waals surface area contributed by atoms with Crippen molar-refractivity contribution in [3.8, 4) is 0 Å². The Morgan fingerprint density at radius 2 is 1.94 bits per heavy atom. The van der Waals surface area contributed by atoms with Crippen molar-refractivity contribution in [2.24, 2.45) is 5.92 Å². The fourth-order valence-electron chi connectivity index (χ4n) is 3.77. The van der Waals surface area contributed by atoms with Gasteiger partial charge in [0.05, 0.1) is 25.5 Å². The molecule has 1 heterocycles. The molecule has 164 valence electrons. The normalized spacial score (nSPS) is 17.0. The average Bonchev–Trinajstić information content (AvgIpc) is 2.78. The van der Waals surface area contributed by atoms with Gasteiger partial charge in [0.25, 0.3) is 5.91 Å². The number of halogens is 1. The number of amides is 2. The first-order chi connectivity index (χ1) is 14.9. The highest BCUT2D eigenvalue weighted by Gasteiger charge is 2.31. The number of carbonyl (C=O) groups excluding carboxylic acids is 3. The van der Waals surface area contributed by atoms with Crippen LogP contribution in [0.2, 0.25) is 0 Å². The van der Waals surface area contributed by atoms with Crippen LogP contribution in [-0.2, 0) is 14.3 Å². The van der Waals surface area contributed by atoms with E-state index in [0.29, 0.717) is 25.1 Å². The highest BCUT2D eigenvalue weighted by Crippen LogP contribution is 2.24. The molecule has 0 aromatic heterocycles. The maximum absolute atomic E-state index is 13.1. The number of ether oxygens (including phenoxy) is 1. The van der Waals surface area contributed by atoms with Crippen LogP contribution in [0.4, 0.5) is 0 Å². The number of carbonyl (C=O) groups is 3. The lowest BCUT2D eigenvalue weighted by Gasteiger charge is -2.33. The molecule has 6 nitrogen and oxygen atoms in total. The minimum absolute atomic E-state index is 0.0391. The van der Waals surface area contributed by atoms with Crippen LogP contribution in [0.3, 0.4) is 0 Å². The van der Waals surface area contributed by atoms with Crippen LogP contribution in [0, 0.1) is 12.8 Å². The number of esters is 1. The molecular weight excluding hydrogens is 460 g/mol. The summed E-state index contributed by atoms with van der Waals surface area (Å²) in [7, 11) is 1.33. The summed E-state index contributed by atoms with van der Waals surface area (Å²) < 4.78 is 5.67. The third kappa shape index (κ3) is 6.17. The molecule has 7 heteroatoms. The standard InChI is InChI=1S/C24H27BrN2O4/c1-16-8-10-17(11-9-16)24(30)27-12-4-6-19(15-27)23(29)26-21(14-22(28)31-2)18-5-3-7-20(25)13-18/h3,5,7-11,13,19,21H,4,6,12,14-15H2,1-2H3,(H,26,29). The van der Waals surface area contributed by atoms with Crippen LogP contribution < -0.4 is 5.32 Å². The predicted molar refractivity (Wildman–Crippen MR) is 121 cm³/mol. The van der Waals surface area contributed by atoms with Gasteiger partial charge >= 0.3 is 5.97 Å². The van der Waals surface area contributed by atoms with E-state index in [1.54, 1.807) is 4.90 Å². The van der Waals surface area contributed by atoms with Gasteiger partial charge in [-0.05, 0) is 49.6 Å². The lowest BCUT2D eigenvalue weighted by molar-refractivity contribution is -0.141. The smallest absolute Gasteiger partial charge is 0.307 e. The lowest BCUT2D eigenvalue weighted by atomic mass is 9.95. The van der Waals surface area contributed by atoms with Gasteiger partial charge in [-0.1, -0.05) is 45.8 Å². The van der Waals surface area contributed by atoms with Crippen molar-refractivity contribution in [1.29, 1.82) is 0 Å². The van der Waals surface area contributed by atoms with Gasteiger partial charge < -0.3 is 15.0 Å². The number of nitrogens with one attached hydrogen (secondary N) is 1. The van der Waals surface area contributed by atoms with Gasteiger partial charge in [-0.15, -0.1) is 0 Å². The molecule has 1 aliphatic heterocycles. The van der Waals surface area contributed by atoms with Crippen LogP contribution in [-0.4, -0.2) is 42.9 Å². The monoisotopic (exact) mass is 486 g/mol. The molecule has 2 aromatic rings. The minimum Gasteiger partial charge on any atom is -0.469 e. The second-order valence-electron chi connectivity index (χ2n) is 7.85. The molecule has 1 N–H and O–H groups in total. The van der Waals surface area contributed by atoms with E-state index in [-0.39, 0.29) is 24.2 Å². The average molecular weight is 487 g/mol. The number of likely N-dealkylation sites (tertiary alicyclic amines) is 1. The summed E-state index contributed by atoms with van der Waals surface area (Å²) >= 11 is 3.43. The van der Waals surface area contributed by atoms with E-state index in [9.17, 15) is 14.4 Å². The molecule has 0 radical (unpaired) electrons. The molecule has 2 amide bonds. The Kier molecular flexibility index (Phi) is 7.85. The highest BCUT2D eigenvalue weighted by molar-refractivity contribution is 9.10. The number of nitrogens with zero attached hydrogens (tertiary/aromatic N) is 1. The number of piperidine rings is 1. The van der Waals surface area contributed by atoms with Crippen molar-refractivity contribution in [1.82, 2.24) is 10.2 Å². The summed E-state index contributed by atoms with van der Waals surface area (Å²) in [6.07, 6.45) is 1.50. The maximum Gasteiger partial charge on any atom is 0.307 e.